The Morgan fingerprint density at radius 2 is 1.72 bits per heavy atom. The van der Waals surface area contributed by atoms with E-state index < -0.39 is 31.1 Å². The molecular weight excluding hydrogens is 538 g/mol. The second kappa shape index (κ2) is 12.9. The molecule has 3 rings (SSSR count). The molecule has 0 radical (unpaired) electrons. The first kappa shape index (κ1) is 29.9. The van der Waals surface area contributed by atoms with Crippen LogP contribution in [0.3, 0.4) is 0 Å². The Hall–Kier alpha value is -3.67. The quantitative estimate of drug-likeness (QED) is 0.222. The number of benzene rings is 2. The van der Waals surface area contributed by atoms with Gasteiger partial charge in [0.05, 0.1) is 43.4 Å². The van der Waals surface area contributed by atoms with Crippen LogP contribution in [0.4, 0.5) is 36.3 Å². The van der Waals surface area contributed by atoms with E-state index in [1.807, 2.05) is 0 Å². The number of rotatable bonds is 12. The van der Waals surface area contributed by atoms with Crippen molar-refractivity contribution in [2.24, 2.45) is 0 Å². The maximum atomic E-state index is 13.8. The van der Waals surface area contributed by atoms with E-state index in [1.54, 1.807) is 44.2 Å². The number of hydrogen-bond donors (Lipinski definition) is 3. The molecule has 3 aromatic rings. The van der Waals surface area contributed by atoms with Gasteiger partial charge in [0.25, 0.3) is 5.91 Å². The number of alkyl halides is 3. The van der Waals surface area contributed by atoms with Gasteiger partial charge in [0.15, 0.2) is 0 Å². The fraction of sp³-hybridized carbons (Fsp3) is 0.320. The van der Waals surface area contributed by atoms with Crippen molar-refractivity contribution in [1.29, 1.82) is 0 Å². The number of nitrogens with zero attached hydrogens (tertiary/aromatic N) is 2. The summed E-state index contributed by atoms with van der Waals surface area (Å²) in [4.78, 5) is 20.1. The summed E-state index contributed by atoms with van der Waals surface area (Å²) in [5.41, 5.74) is 0.0889. The number of nitrogens with one attached hydrogen (secondary N) is 3. The molecule has 1 aromatic heterocycles. The van der Waals surface area contributed by atoms with E-state index >= 15 is 0 Å². The number of aromatic nitrogens is 2. The molecule has 0 bridgehead atoms. The first-order valence-electron chi connectivity index (χ1n) is 11.9. The first-order chi connectivity index (χ1) is 18.5. The van der Waals surface area contributed by atoms with Gasteiger partial charge in [-0.3, -0.25) is 9.36 Å². The highest BCUT2D eigenvalue weighted by molar-refractivity contribution is 7.53. The molecule has 1 amide bonds. The van der Waals surface area contributed by atoms with Gasteiger partial charge in [-0.15, -0.1) is 0 Å². The maximum Gasteiger partial charge on any atom is 0.421 e. The van der Waals surface area contributed by atoms with Crippen LogP contribution < -0.4 is 20.7 Å². The fourth-order valence-electron chi connectivity index (χ4n) is 3.60. The molecule has 0 aliphatic rings. The molecule has 1 heterocycles. The van der Waals surface area contributed by atoms with Crippen molar-refractivity contribution < 1.29 is 36.3 Å². The molecule has 0 saturated carbocycles. The number of hydrogen-bond acceptors (Lipinski definition) is 9. The number of halogens is 3. The molecule has 3 N–H and O–H groups in total. The highest BCUT2D eigenvalue weighted by atomic mass is 31.2. The van der Waals surface area contributed by atoms with E-state index in [-0.39, 0.29) is 36.6 Å². The Morgan fingerprint density at radius 3 is 2.33 bits per heavy atom. The summed E-state index contributed by atoms with van der Waals surface area (Å²) in [5, 5.41) is 7.91. The summed E-state index contributed by atoms with van der Waals surface area (Å²) in [6.45, 7) is 3.85. The van der Waals surface area contributed by atoms with Gasteiger partial charge < -0.3 is 29.7 Å². The van der Waals surface area contributed by atoms with E-state index in [0.717, 1.165) is 0 Å². The van der Waals surface area contributed by atoms with Gasteiger partial charge >= 0.3 is 13.8 Å². The molecule has 2 aromatic carbocycles. The minimum absolute atomic E-state index is 0.000907. The van der Waals surface area contributed by atoms with Crippen molar-refractivity contribution >= 4 is 36.6 Å². The van der Waals surface area contributed by atoms with E-state index in [9.17, 15) is 22.5 Å². The molecule has 210 valence electrons. The smallest absolute Gasteiger partial charge is 0.421 e. The number of carbonyl (C=O) groups is 1. The molecule has 14 heteroatoms. The zero-order chi connectivity index (χ0) is 28.6. The third-order valence-corrected chi connectivity index (χ3v) is 7.34. The highest BCUT2D eigenvalue weighted by Crippen LogP contribution is 2.51. The molecule has 39 heavy (non-hydrogen) atoms. The normalized spacial score (nSPS) is 11.7. The molecule has 0 fully saturated rings. The SMILES string of the molecule is CCOP(=O)(Cc1ccc(Nc2ncc(C(F)(F)F)c(Nc3ccccc3C(=O)NC)n2)c(OC)c1)OCC. The van der Waals surface area contributed by atoms with Crippen LogP contribution in [0.5, 0.6) is 5.75 Å². The monoisotopic (exact) mass is 567 g/mol. The van der Waals surface area contributed by atoms with Crippen LogP contribution >= 0.6 is 7.60 Å². The van der Waals surface area contributed by atoms with E-state index in [4.69, 9.17) is 13.8 Å². The molecule has 0 aliphatic carbocycles. The van der Waals surface area contributed by atoms with E-state index in [0.29, 0.717) is 23.2 Å². The highest BCUT2D eigenvalue weighted by Gasteiger charge is 2.35. The number of amides is 1. The molecule has 0 unspecified atom stereocenters. The van der Waals surface area contributed by atoms with Crippen molar-refractivity contribution in [1.82, 2.24) is 15.3 Å². The Bertz CT molecular complexity index is 1350. The lowest BCUT2D eigenvalue weighted by molar-refractivity contribution is -0.137. The summed E-state index contributed by atoms with van der Waals surface area (Å²) in [6, 6.07) is 10.9. The van der Waals surface area contributed by atoms with Gasteiger partial charge in [0.2, 0.25) is 5.95 Å². The molecule has 0 aliphatic heterocycles. The maximum absolute atomic E-state index is 13.8. The molecule has 0 spiro atoms. The van der Waals surface area contributed by atoms with Crippen LogP contribution in [0, 0.1) is 0 Å². The molecule has 0 saturated heterocycles. The third-order valence-electron chi connectivity index (χ3n) is 5.29. The molecule has 0 atom stereocenters. The summed E-state index contributed by atoms with van der Waals surface area (Å²) >= 11 is 0. The fourth-order valence-corrected chi connectivity index (χ4v) is 5.29. The van der Waals surface area contributed by atoms with Crippen LogP contribution in [0.1, 0.15) is 35.3 Å². The first-order valence-corrected chi connectivity index (χ1v) is 13.6. The van der Waals surface area contributed by atoms with Crippen LogP contribution in [-0.2, 0) is 26.0 Å². The predicted octanol–water partition coefficient (Wildman–Crippen LogP) is 6.12. The minimum Gasteiger partial charge on any atom is -0.495 e. The lowest BCUT2D eigenvalue weighted by atomic mass is 10.1. The second-order valence-electron chi connectivity index (χ2n) is 7.97. The van der Waals surface area contributed by atoms with Crippen molar-refractivity contribution in [2.45, 2.75) is 26.2 Å². The van der Waals surface area contributed by atoms with Crippen LogP contribution in [0.2, 0.25) is 0 Å². The van der Waals surface area contributed by atoms with Crippen molar-refractivity contribution in [3.05, 3.63) is 65.4 Å². The molecule has 10 nitrogen and oxygen atoms in total. The van der Waals surface area contributed by atoms with Gasteiger partial charge in [0, 0.05) is 13.2 Å². The molecular formula is C25H29F3N5O5P. The minimum atomic E-state index is -4.77. The zero-order valence-electron chi connectivity index (χ0n) is 21.8. The summed E-state index contributed by atoms with van der Waals surface area (Å²) in [6.07, 6.45) is -4.13. The number of methoxy groups -OCH3 is 1. The van der Waals surface area contributed by atoms with Crippen molar-refractivity contribution in [2.75, 3.05) is 38.0 Å². The number of anilines is 4. The van der Waals surface area contributed by atoms with Gasteiger partial charge in [-0.1, -0.05) is 18.2 Å². The van der Waals surface area contributed by atoms with Crippen LogP contribution in [0.25, 0.3) is 0 Å². The Kier molecular flexibility index (Phi) is 9.90. The Morgan fingerprint density at radius 1 is 1.03 bits per heavy atom. The van der Waals surface area contributed by atoms with Gasteiger partial charge in [-0.2, -0.15) is 18.2 Å². The zero-order valence-corrected chi connectivity index (χ0v) is 22.7. The third kappa shape index (κ3) is 7.69. The average molecular weight is 568 g/mol. The number of carbonyl (C=O) groups excluding carboxylic acids is 1. The largest absolute Gasteiger partial charge is 0.495 e. The average Bonchev–Trinajstić information content (AvgIpc) is 2.89. The van der Waals surface area contributed by atoms with Gasteiger partial charge in [-0.25, -0.2) is 4.98 Å². The summed E-state index contributed by atoms with van der Waals surface area (Å²) in [7, 11) is -0.550. The summed E-state index contributed by atoms with van der Waals surface area (Å²) in [5.74, 6) is -0.901. The summed E-state index contributed by atoms with van der Waals surface area (Å²) < 4.78 is 70.3. The van der Waals surface area contributed by atoms with Crippen LogP contribution in [-0.4, -0.2) is 43.2 Å². The second-order valence-corrected chi connectivity index (χ2v) is 10.0. The lowest BCUT2D eigenvalue weighted by Crippen LogP contribution is -2.20. The van der Waals surface area contributed by atoms with Crippen molar-refractivity contribution in [3.8, 4) is 5.75 Å². The van der Waals surface area contributed by atoms with Crippen molar-refractivity contribution in [3.63, 3.8) is 0 Å². The standard InChI is InChI=1S/C25H29F3N5O5P/c1-5-37-39(35,38-6-2)15-16-11-12-20(21(13-16)36-4)32-24-30-14-18(25(26,27)28)22(33-24)31-19-10-8-7-9-17(19)23(34)29-3/h7-14H,5-6,15H2,1-4H3,(H,29,34)(H2,30,31,32,33). The van der Waals surface area contributed by atoms with Gasteiger partial charge in [-0.05, 0) is 43.7 Å². The lowest BCUT2D eigenvalue weighted by Gasteiger charge is -2.19. The Labute approximate surface area is 223 Å². The van der Waals surface area contributed by atoms with Gasteiger partial charge in [0.1, 0.15) is 17.1 Å². The van der Waals surface area contributed by atoms with Crippen LogP contribution in [0.15, 0.2) is 48.7 Å². The topological polar surface area (TPSA) is 124 Å². The van der Waals surface area contributed by atoms with E-state index in [1.165, 1.54) is 26.3 Å². The Balaban J connectivity index is 1.95. The number of ether oxygens (including phenoxy) is 1. The number of para-hydroxylation sites is 1. The van der Waals surface area contributed by atoms with E-state index in [2.05, 4.69) is 25.9 Å². The predicted molar refractivity (Wildman–Crippen MR) is 141 cm³/mol.